The summed E-state index contributed by atoms with van der Waals surface area (Å²) in [6.45, 7) is 1.98. The molecule has 0 amide bonds. The second-order valence-electron chi connectivity index (χ2n) is 8.34. The molecule has 3 heterocycles. The Morgan fingerprint density at radius 1 is 1.19 bits per heavy atom. The number of hydrogen-bond acceptors (Lipinski definition) is 8. The van der Waals surface area contributed by atoms with Crippen LogP contribution in [0.3, 0.4) is 0 Å². The first kappa shape index (κ1) is 20.8. The van der Waals surface area contributed by atoms with Crippen molar-refractivity contribution < 1.29 is 33.0 Å². The van der Waals surface area contributed by atoms with E-state index >= 15 is 0 Å². The van der Waals surface area contributed by atoms with Gasteiger partial charge in [0.25, 0.3) is 0 Å². The number of fused-ring (bicyclic) bond motifs is 3. The van der Waals surface area contributed by atoms with Gasteiger partial charge in [0.15, 0.2) is 0 Å². The minimum Gasteiger partial charge on any atom is -0.493 e. The number of furan rings is 1. The van der Waals surface area contributed by atoms with Crippen molar-refractivity contribution in [1.29, 1.82) is 0 Å². The number of ether oxygens (including phenoxy) is 4. The van der Waals surface area contributed by atoms with E-state index in [0.29, 0.717) is 31.0 Å². The zero-order valence-electron chi connectivity index (χ0n) is 17.8. The average molecular weight is 439 g/mol. The van der Waals surface area contributed by atoms with Gasteiger partial charge in [-0.05, 0) is 49.2 Å². The number of ketones is 1. The van der Waals surface area contributed by atoms with Crippen molar-refractivity contribution in [3.8, 4) is 5.75 Å². The number of Topliss-reactive ketones (excluding diaryl/α,β-unsaturated/α-hetero) is 1. The van der Waals surface area contributed by atoms with Crippen LogP contribution in [-0.2, 0) is 25.5 Å². The Bertz CT molecular complexity index is 998. The lowest BCUT2D eigenvalue weighted by molar-refractivity contribution is -0.175. The molecule has 2 aliphatic heterocycles. The molecule has 0 spiro atoms. The van der Waals surface area contributed by atoms with E-state index in [-0.39, 0.29) is 35.6 Å². The molecule has 1 aliphatic carbocycles. The van der Waals surface area contributed by atoms with Gasteiger partial charge in [0.1, 0.15) is 23.9 Å². The molecule has 0 N–H and O–H groups in total. The predicted molar refractivity (Wildman–Crippen MR) is 111 cm³/mol. The highest BCUT2D eigenvalue weighted by atomic mass is 16.5. The molecule has 4 atom stereocenters. The highest BCUT2D eigenvalue weighted by Crippen LogP contribution is 2.40. The third kappa shape index (κ3) is 4.03. The molecule has 1 aromatic heterocycles. The summed E-state index contributed by atoms with van der Waals surface area (Å²) in [7, 11) is 1.33. The fourth-order valence-electron chi connectivity index (χ4n) is 4.78. The molecule has 0 radical (unpaired) electrons. The van der Waals surface area contributed by atoms with Gasteiger partial charge >= 0.3 is 5.97 Å². The van der Waals surface area contributed by atoms with Crippen LogP contribution in [0.4, 0.5) is 0 Å². The number of carbonyl (C=O) groups excluding carboxylic acids is 2. The van der Waals surface area contributed by atoms with Crippen molar-refractivity contribution in [2.45, 2.75) is 31.6 Å². The first-order chi connectivity index (χ1) is 15.6. The number of carbonyl (C=O) groups is 2. The van der Waals surface area contributed by atoms with E-state index in [4.69, 9.17) is 23.4 Å². The van der Waals surface area contributed by atoms with Crippen LogP contribution in [0.1, 0.15) is 29.0 Å². The summed E-state index contributed by atoms with van der Waals surface area (Å²) >= 11 is 0. The maximum atomic E-state index is 13.2. The monoisotopic (exact) mass is 439 g/mol. The minimum absolute atomic E-state index is 0.0556. The number of benzene rings is 1. The molecule has 1 saturated carbocycles. The Balaban J connectivity index is 1.27. The summed E-state index contributed by atoms with van der Waals surface area (Å²) in [6, 6.07) is 10.3. The van der Waals surface area contributed by atoms with E-state index < -0.39 is 5.97 Å². The van der Waals surface area contributed by atoms with E-state index in [9.17, 15) is 9.59 Å². The standard InChI is InChI=1S/C24H25NO7/c1-28-24(27)15-4-6-16(7-5-15)32-21-13-30-23-18(22(21)26)8-9-20-19(23)12-25(14-31-20)11-17-3-2-10-29-17/h2-7,10,13,18-20,23H,8-9,11-12,14H2,1H3. The van der Waals surface area contributed by atoms with Crippen LogP contribution >= 0.6 is 0 Å². The SMILES string of the molecule is COC(=O)c1ccc(OC2=COC3C(CCC4OCN(Cc5ccco5)CC43)C2=O)cc1. The molecular weight excluding hydrogens is 414 g/mol. The summed E-state index contributed by atoms with van der Waals surface area (Å²) < 4.78 is 28.1. The van der Waals surface area contributed by atoms with Crippen LogP contribution in [0.25, 0.3) is 0 Å². The van der Waals surface area contributed by atoms with Gasteiger partial charge in [0, 0.05) is 12.5 Å². The van der Waals surface area contributed by atoms with Gasteiger partial charge in [-0.15, -0.1) is 0 Å². The van der Waals surface area contributed by atoms with Crippen molar-refractivity contribution in [2.24, 2.45) is 11.8 Å². The third-order valence-electron chi connectivity index (χ3n) is 6.37. The number of allylic oxidation sites excluding steroid dienone is 1. The summed E-state index contributed by atoms with van der Waals surface area (Å²) in [6.07, 6.45) is 4.44. The lowest BCUT2D eigenvalue weighted by Crippen LogP contribution is -2.56. The lowest BCUT2D eigenvalue weighted by Gasteiger charge is -2.47. The van der Waals surface area contributed by atoms with Crippen molar-refractivity contribution in [3.63, 3.8) is 0 Å². The van der Waals surface area contributed by atoms with Crippen LogP contribution in [0, 0.1) is 11.8 Å². The normalized spacial score (nSPS) is 27.5. The first-order valence-electron chi connectivity index (χ1n) is 10.7. The molecule has 32 heavy (non-hydrogen) atoms. The quantitative estimate of drug-likeness (QED) is 0.657. The largest absolute Gasteiger partial charge is 0.493 e. The molecule has 4 unspecified atom stereocenters. The van der Waals surface area contributed by atoms with Gasteiger partial charge in [-0.3, -0.25) is 9.69 Å². The van der Waals surface area contributed by atoms with Crippen molar-refractivity contribution >= 4 is 11.8 Å². The summed E-state index contributed by atoms with van der Waals surface area (Å²) in [5.41, 5.74) is 0.412. The van der Waals surface area contributed by atoms with E-state index in [1.54, 1.807) is 30.5 Å². The van der Waals surface area contributed by atoms with Gasteiger partial charge in [0.2, 0.25) is 11.5 Å². The van der Waals surface area contributed by atoms with Gasteiger partial charge < -0.3 is 23.4 Å². The predicted octanol–water partition coefficient (Wildman–Crippen LogP) is 3.14. The number of nitrogens with zero attached hydrogens (tertiary/aromatic N) is 1. The smallest absolute Gasteiger partial charge is 0.337 e. The minimum atomic E-state index is -0.428. The summed E-state index contributed by atoms with van der Waals surface area (Å²) in [5, 5.41) is 0. The molecule has 168 valence electrons. The van der Waals surface area contributed by atoms with E-state index in [2.05, 4.69) is 4.90 Å². The second-order valence-corrected chi connectivity index (χ2v) is 8.34. The molecule has 2 aromatic rings. The molecule has 1 aromatic carbocycles. The molecular formula is C24H25NO7. The molecule has 8 nitrogen and oxygen atoms in total. The van der Waals surface area contributed by atoms with E-state index in [1.807, 2.05) is 12.1 Å². The molecule has 2 fully saturated rings. The second kappa shape index (κ2) is 8.80. The van der Waals surface area contributed by atoms with Crippen LogP contribution in [0.5, 0.6) is 5.75 Å². The lowest BCUT2D eigenvalue weighted by atomic mass is 9.73. The van der Waals surface area contributed by atoms with E-state index in [0.717, 1.165) is 18.7 Å². The zero-order chi connectivity index (χ0) is 22.1. The number of esters is 1. The molecule has 3 aliphatic rings. The topological polar surface area (TPSA) is 87.4 Å². The number of hydrogen-bond donors (Lipinski definition) is 0. The maximum absolute atomic E-state index is 13.2. The Morgan fingerprint density at radius 2 is 2.03 bits per heavy atom. The molecule has 1 saturated heterocycles. The Labute approximate surface area is 185 Å². The number of methoxy groups -OCH3 is 1. The summed E-state index contributed by atoms with van der Waals surface area (Å²) in [4.78, 5) is 26.9. The summed E-state index contributed by atoms with van der Waals surface area (Å²) in [5.74, 6) is 0.867. The average Bonchev–Trinajstić information content (AvgIpc) is 3.33. The highest BCUT2D eigenvalue weighted by Gasteiger charge is 2.49. The van der Waals surface area contributed by atoms with Crippen molar-refractivity contribution in [3.05, 3.63) is 66.0 Å². The highest BCUT2D eigenvalue weighted by molar-refractivity contribution is 5.96. The zero-order valence-corrected chi connectivity index (χ0v) is 17.8. The maximum Gasteiger partial charge on any atom is 0.337 e. The van der Waals surface area contributed by atoms with Crippen LogP contribution in [0.15, 0.2) is 59.1 Å². The fraction of sp³-hybridized carbons (Fsp3) is 0.417. The molecule has 5 rings (SSSR count). The van der Waals surface area contributed by atoms with Gasteiger partial charge in [-0.1, -0.05) is 0 Å². The van der Waals surface area contributed by atoms with Gasteiger partial charge in [-0.25, -0.2) is 4.79 Å². The van der Waals surface area contributed by atoms with Gasteiger partial charge in [-0.2, -0.15) is 0 Å². The third-order valence-corrected chi connectivity index (χ3v) is 6.37. The first-order valence-corrected chi connectivity index (χ1v) is 10.7. The van der Waals surface area contributed by atoms with Crippen LogP contribution in [0.2, 0.25) is 0 Å². The Morgan fingerprint density at radius 3 is 2.78 bits per heavy atom. The van der Waals surface area contributed by atoms with Crippen LogP contribution < -0.4 is 4.74 Å². The van der Waals surface area contributed by atoms with Crippen molar-refractivity contribution in [2.75, 3.05) is 20.4 Å². The van der Waals surface area contributed by atoms with Gasteiger partial charge in [0.05, 0.1) is 44.2 Å². The Hall–Kier alpha value is -3.10. The Kier molecular flexibility index (Phi) is 5.71. The van der Waals surface area contributed by atoms with Crippen LogP contribution in [-0.4, -0.2) is 49.2 Å². The van der Waals surface area contributed by atoms with Crippen molar-refractivity contribution in [1.82, 2.24) is 4.90 Å². The van der Waals surface area contributed by atoms with E-state index in [1.165, 1.54) is 13.4 Å². The molecule has 0 bridgehead atoms. The number of rotatable bonds is 5. The fourth-order valence-corrected chi connectivity index (χ4v) is 4.78. The molecule has 8 heteroatoms.